The quantitative estimate of drug-likeness (QED) is 0.599. The number of nitrogens with zero attached hydrogens (tertiary/aromatic N) is 5. The predicted octanol–water partition coefficient (Wildman–Crippen LogP) is 3.44. The number of aromatic nitrogens is 4. The van der Waals surface area contributed by atoms with E-state index in [1.807, 2.05) is 12.4 Å². The Morgan fingerprint density at radius 1 is 0.821 bits per heavy atom. The molecule has 2 aromatic carbocycles. The van der Waals surface area contributed by atoms with Gasteiger partial charge in [-0.1, -0.05) is 24.3 Å². The molecule has 1 fully saturated rings. The smallest absolute Gasteiger partial charge is 0.138 e. The van der Waals surface area contributed by atoms with Gasteiger partial charge in [0.25, 0.3) is 0 Å². The molecule has 1 N–H and O–H groups in total. The summed E-state index contributed by atoms with van der Waals surface area (Å²) in [4.78, 5) is 21.2. The van der Waals surface area contributed by atoms with Gasteiger partial charge in [-0.05, 0) is 30.8 Å². The van der Waals surface area contributed by atoms with Crippen LogP contribution in [0.1, 0.15) is 0 Å². The average Bonchev–Trinajstić information content (AvgIpc) is 3.18. The van der Waals surface area contributed by atoms with Gasteiger partial charge < -0.3 is 14.8 Å². The van der Waals surface area contributed by atoms with E-state index in [9.17, 15) is 0 Å². The first-order valence-corrected chi connectivity index (χ1v) is 9.55. The molecular weight excluding hydrogens is 348 g/mol. The van der Waals surface area contributed by atoms with Gasteiger partial charge >= 0.3 is 0 Å². The molecule has 0 aliphatic carbocycles. The van der Waals surface area contributed by atoms with Gasteiger partial charge in [-0.2, -0.15) is 0 Å². The molecule has 2 aromatic heterocycles. The number of piperazine rings is 1. The van der Waals surface area contributed by atoms with Crippen molar-refractivity contribution < 1.29 is 0 Å². The Bertz CT molecular complexity index is 1080. The SMILES string of the molecule is CN1CCN(c2ccc3nc(-c4ccc(-c5cncnc5)cc4)[nH]c3c2)CC1. The first-order valence-electron chi connectivity index (χ1n) is 9.55. The summed E-state index contributed by atoms with van der Waals surface area (Å²) >= 11 is 0. The summed E-state index contributed by atoms with van der Waals surface area (Å²) in [5.41, 5.74) is 6.50. The minimum atomic E-state index is 0.890. The van der Waals surface area contributed by atoms with Gasteiger partial charge in [-0.25, -0.2) is 15.0 Å². The van der Waals surface area contributed by atoms with Gasteiger partial charge in [0.1, 0.15) is 12.2 Å². The molecule has 0 radical (unpaired) electrons. The van der Waals surface area contributed by atoms with E-state index >= 15 is 0 Å². The largest absolute Gasteiger partial charge is 0.369 e. The molecule has 6 heteroatoms. The maximum absolute atomic E-state index is 4.78. The van der Waals surface area contributed by atoms with Crippen molar-refractivity contribution in [1.29, 1.82) is 0 Å². The highest BCUT2D eigenvalue weighted by Crippen LogP contribution is 2.27. The Hall–Kier alpha value is -3.25. The molecular formula is C22H22N6. The van der Waals surface area contributed by atoms with Crippen molar-refractivity contribution in [3.8, 4) is 22.5 Å². The van der Waals surface area contributed by atoms with E-state index in [2.05, 4.69) is 74.3 Å². The van der Waals surface area contributed by atoms with Gasteiger partial charge in [0.05, 0.1) is 11.0 Å². The Kier molecular flexibility index (Phi) is 4.25. The molecule has 140 valence electrons. The number of imidazole rings is 1. The van der Waals surface area contributed by atoms with Gasteiger partial charge in [0, 0.05) is 55.4 Å². The highest BCUT2D eigenvalue weighted by atomic mass is 15.2. The normalized spacial score (nSPS) is 15.2. The third kappa shape index (κ3) is 3.23. The fourth-order valence-corrected chi connectivity index (χ4v) is 3.66. The summed E-state index contributed by atoms with van der Waals surface area (Å²) < 4.78 is 0. The standard InChI is InChI=1S/C22H22N6/c1-27-8-10-28(11-9-27)19-6-7-20-21(12-19)26-22(25-20)17-4-2-16(3-5-17)18-13-23-15-24-14-18/h2-7,12-15H,8-11H2,1H3,(H,25,26). The number of hydrogen-bond acceptors (Lipinski definition) is 5. The summed E-state index contributed by atoms with van der Waals surface area (Å²) in [6.45, 7) is 4.33. The zero-order chi connectivity index (χ0) is 18.9. The van der Waals surface area contributed by atoms with Crippen LogP contribution in [0.4, 0.5) is 5.69 Å². The van der Waals surface area contributed by atoms with Crippen LogP contribution < -0.4 is 4.90 Å². The Morgan fingerprint density at radius 2 is 1.54 bits per heavy atom. The topological polar surface area (TPSA) is 60.9 Å². The fourth-order valence-electron chi connectivity index (χ4n) is 3.66. The van der Waals surface area contributed by atoms with Crippen molar-refractivity contribution >= 4 is 16.7 Å². The summed E-state index contributed by atoms with van der Waals surface area (Å²) in [7, 11) is 2.18. The third-order valence-corrected chi connectivity index (χ3v) is 5.39. The van der Waals surface area contributed by atoms with Crippen molar-refractivity contribution in [1.82, 2.24) is 24.8 Å². The molecule has 1 aliphatic rings. The minimum absolute atomic E-state index is 0.890. The molecule has 1 aliphatic heterocycles. The van der Waals surface area contributed by atoms with E-state index in [0.717, 1.165) is 59.7 Å². The van der Waals surface area contributed by atoms with Crippen LogP contribution in [0.15, 0.2) is 61.2 Å². The lowest BCUT2D eigenvalue weighted by atomic mass is 10.1. The Balaban J connectivity index is 1.42. The lowest BCUT2D eigenvalue weighted by Crippen LogP contribution is -2.44. The fraction of sp³-hybridized carbons (Fsp3) is 0.227. The molecule has 0 spiro atoms. The van der Waals surface area contributed by atoms with E-state index in [1.165, 1.54) is 5.69 Å². The summed E-state index contributed by atoms with van der Waals surface area (Å²) in [5.74, 6) is 0.890. The van der Waals surface area contributed by atoms with Crippen molar-refractivity contribution in [3.05, 3.63) is 61.2 Å². The lowest BCUT2D eigenvalue weighted by molar-refractivity contribution is 0.313. The van der Waals surface area contributed by atoms with Crippen molar-refractivity contribution in [2.75, 3.05) is 38.1 Å². The van der Waals surface area contributed by atoms with Crippen LogP contribution in [0, 0.1) is 0 Å². The number of rotatable bonds is 3. The van der Waals surface area contributed by atoms with E-state index in [1.54, 1.807) is 6.33 Å². The van der Waals surface area contributed by atoms with Crippen LogP contribution in [0.25, 0.3) is 33.5 Å². The lowest BCUT2D eigenvalue weighted by Gasteiger charge is -2.34. The second kappa shape index (κ2) is 7.05. The Morgan fingerprint density at radius 3 is 2.29 bits per heavy atom. The average molecular weight is 370 g/mol. The number of hydrogen-bond donors (Lipinski definition) is 1. The predicted molar refractivity (Wildman–Crippen MR) is 112 cm³/mol. The molecule has 6 nitrogen and oxygen atoms in total. The first-order chi connectivity index (χ1) is 13.8. The molecule has 28 heavy (non-hydrogen) atoms. The third-order valence-electron chi connectivity index (χ3n) is 5.39. The van der Waals surface area contributed by atoms with Gasteiger partial charge in [0.2, 0.25) is 0 Å². The number of anilines is 1. The second-order valence-electron chi connectivity index (χ2n) is 7.28. The zero-order valence-electron chi connectivity index (χ0n) is 15.8. The first kappa shape index (κ1) is 16.9. The number of H-pyrrole nitrogens is 1. The number of benzene rings is 2. The van der Waals surface area contributed by atoms with Gasteiger partial charge in [-0.15, -0.1) is 0 Å². The molecule has 0 unspecified atom stereocenters. The van der Waals surface area contributed by atoms with E-state index in [-0.39, 0.29) is 0 Å². The van der Waals surface area contributed by atoms with Gasteiger partial charge in [-0.3, -0.25) is 0 Å². The molecule has 4 aromatic rings. The van der Waals surface area contributed by atoms with E-state index in [0.29, 0.717) is 0 Å². The number of nitrogens with one attached hydrogen (secondary N) is 1. The molecule has 0 amide bonds. The minimum Gasteiger partial charge on any atom is -0.369 e. The number of aromatic amines is 1. The van der Waals surface area contributed by atoms with E-state index < -0.39 is 0 Å². The molecule has 0 saturated carbocycles. The monoisotopic (exact) mass is 370 g/mol. The summed E-state index contributed by atoms with van der Waals surface area (Å²) in [6.07, 6.45) is 5.19. The second-order valence-corrected chi connectivity index (χ2v) is 7.28. The van der Waals surface area contributed by atoms with Crippen molar-refractivity contribution in [3.63, 3.8) is 0 Å². The summed E-state index contributed by atoms with van der Waals surface area (Å²) in [6, 6.07) is 14.8. The van der Waals surface area contributed by atoms with Crippen LogP contribution in [0.5, 0.6) is 0 Å². The zero-order valence-corrected chi connectivity index (χ0v) is 15.8. The summed E-state index contributed by atoms with van der Waals surface area (Å²) in [5, 5.41) is 0. The van der Waals surface area contributed by atoms with Crippen molar-refractivity contribution in [2.45, 2.75) is 0 Å². The van der Waals surface area contributed by atoms with Crippen molar-refractivity contribution in [2.24, 2.45) is 0 Å². The van der Waals surface area contributed by atoms with Crippen LogP contribution in [-0.2, 0) is 0 Å². The van der Waals surface area contributed by atoms with E-state index in [4.69, 9.17) is 4.98 Å². The van der Waals surface area contributed by atoms with Crippen LogP contribution in [0.3, 0.4) is 0 Å². The molecule has 5 rings (SSSR count). The molecule has 0 bridgehead atoms. The Labute approximate surface area is 163 Å². The van der Waals surface area contributed by atoms with Crippen LogP contribution in [-0.4, -0.2) is 58.1 Å². The number of fused-ring (bicyclic) bond motifs is 1. The molecule has 3 heterocycles. The maximum atomic E-state index is 4.78. The number of likely N-dealkylation sites (N-methyl/N-ethyl adjacent to an activating group) is 1. The maximum Gasteiger partial charge on any atom is 0.138 e. The van der Waals surface area contributed by atoms with Crippen LogP contribution in [0.2, 0.25) is 0 Å². The molecule has 0 atom stereocenters. The van der Waals surface area contributed by atoms with Crippen LogP contribution >= 0.6 is 0 Å². The highest BCUT2D eigenvalue weighted by molar-refractivity contribution is 5.83. The molecule has 1 saturated heterocycles. The highest BCUT2D eigenvalue weighted by Gasteiger charge is 2.15. The van der Waals surface area contributed by atoms with Gasteiger partial charge in [0.15, 0.2) is 0 Å².